The first-order valence-corrected chi connectivity index (χ1v) is 9.49. The zero-order valence-corrected chi connectivity index (χ0v) is 16.0. The summed E-state index contributed by atoms with van der Waals surface area (Å²) in [6, 6.07) is 11.1. The van der Waals surface area contributed by atoms with Gasteiger partial charge in [-0.2, -0.15) is 0 Å². The minimum absolute atomic E-state index is 0.0447. The summed E-state index contributed by atoms with van der Waals surface area (Å²) in [5.41, 5.74) is 0.922. The molecule has 4 rings (SSSR count). The van der Waals surface area contributed by atoms with Crippen molar-refractivity contribution in [3.05, 3.63) is 35.9 Å². The van der Waals surface area contributed by atoms with Crippen molar-refractivity contribution in [2.24, 2.45) is 17.3 Å². The minimum Gasteiger partial charge on any atom is -0.353 e. The molecule has 3 fully saturated rings. The van der Waals surface area contributed by atoms with Gasteiger partial charge in [0.1, 0.15) is 5.72 Å². The highest BCUT2D eigenvalue weighted by atomic mass is 16.5. The molecular weight excluding hydrogens is 312 g/mol. The average Bonchev–Trinajstić information content (AvgIpc) is 3.20. The lowest BCUT2D eigenvalue weighted by molar-refractivity contribution is -0.143. The highest BCUT2D eigenvalue weighted by molar-refractivity contribution is 5.84. The Labute approximate surface area is 151 Å². The van der Waals surface area contributed by atoms with Crippen LogP contribution in [0.25, 0.3) is 0 Å². The number of nitrogens with zero attached hydrogens (tertiary/aromatic N) is 2. The van der Waals surface area contributed by atoms with Crippen LogP contribution in [0.15, 0.2) is 30.3 Å². The normalized spacial score (nSPS) is 36.6. The third-order valence-corrected chi connectivity index (χ3v) is 6.74. The summed E-state index contributed by atoms with van der Waals surface area (Å²) in [4.78, 5) is 17.8. The number of amides is 1. The molecule has 1 aromatic carbocycles. The highest BCUT2D eigenvalue weighted by Gasteiger charge is 2.66. The quantitative estimate of drug-likeness (QED) is 0.827. The number of benzene rings is 1. The average molecular weight is 342 g/mol. The van der Waals surface area contributed by atoms with Gasteiger partial charge in [-0.15, -0.1) is 0 Å². The van der Waals surface area contributed by atoms with Gasteiger partial charge >= 0.3 is 0 Å². The topological polar surface area (TPSA) is 32.8 Å². The van der Waals surface area contributed by atoms with E-state index in [1.54, 1.807) is 0 Å². The number of fused-ring (bicyclic) bond motifs is 3. The van der Waals surface area contributed by atoms with Crippen LogP contribution < -0.4 is 0 Å². The van der Waals surface area contributed by atoms with Gasteiger partial charge in [0.2, 0.25) is 5.91 Å². The first-order valence-electron chi connectivity index (χ1n) is 9.49. The summed E-state index contributed by atoms with van der Waals surface area (Å²) < 4.78 is 6.30. The van der Waals surface area contributed by atoms with Crippen LogP contribution in [0.4, 0.5) is 0 Å². The van der Waals surface area contributed by atoms with Crippen LogP contribution in [0.3, 0.4) is 0 Å². The molecule has 3 heterocycles. The second kappa shape index (κ2) is 5.55. The van der Waals surface area contributed by atoms with E-state index in [0.717, 1.165) is 13.1 Å². The van der Waals surface area contributed by atoms with Crippen molar-refractivity contribution >= 4 is 5.91 Å². The molecule has 3 aliphatic heterocycles. The number of hydrogen-bond donors (Lipinski definition) is 0. The largest absolute Gasteiger partial charge is 0.353 e. The number of carbonyl (C=O) groups is 1. The molecular formula is C21H30N2O2. The zero-order valence-electron chi connectivity index (χ0n) is 16.0. The zero-order chi connectivity index (χ0) is 18.0. The summed E-state index contributed by atoms with van der Waals surface area (Å²) in [5.74, 6) is 0.632. The molecule has 0 bridgehead atoms. The first kappa shape index (κ1) is 17.0. The van der Waals surface area contributed by atoms with E-state index in [-0.39, 0.29) is 23.3 Å². The van der Waals surface area contributed by atoms with Crippen LogP contribution in [0.5, 0.6) is 0 Å². The van der Waals surface area contributed by atoms with E-state index in [9.17, 15) is 4.79 Å². The molecule has 4 nitrogen and oxygen atoms in total. The van der Waals surface area contributed by atoms with Gasteiger partial charge in [-0.05, 0) is 24.8 Å². The Hall–Kier alpha value is -1.39. The summed E-state index contributed by atoms with van der Waals surface area (Å²) in [5, 5.41) is 0. The number of hydrogen-bond acceptors (Lipinski definition) is 3. The predicted molar refractivity (Wildman–Crippen MR) is 97.9 cm³/mol. The van der Waals surface area contributed by atoms with Crippen LogP contribution in [0, 0.1) is 17.3 Å². The smallest absolute Gasteiger partial charge is 0.230 e. The molecule has 0 aromatic heterocycles. The van der Waals surface area contributed by atoms with Crippen LogP contribution in [0.2, 0.25) is 0 Å². The monoisotopic (exact) mass is 342 g/mol. The second-order valence-electron chi connectivity index (χ2n) is 9.21. The van der Waals surface area contributed by atoms with E-state index in [1.807, 2.05) is 0 Å². The lowest BCUT2D eigenvalue weighted by Gasteiger charge is -2.39. The first-order chi connectivity index (χ1) is 11.7. The van der Waals surface area contributed by atoms with Gasteiger partial charge in [-0.1, -0.05) is 51.1 Å². The third-order valence-electron chi connectivity index (χ3n) is 6.74. The van der Waals surface area contributed by atoms with Crippen LogP contribution in [0.1, 0.15) is 46.2 Å². The summed E-state index contributed by atoms with van der Waals surface area (Å²) in [6.45, 7) is 13.4. The lowest BCUT2D eigenvalue weighted by atomic mass is 9.86. The van der Waals surface area contributed by atoms with Crippen molar-refractivity contribution in [3.8, 4) is 0 Å². The fraction of sp³-hybridized carbons (Fsp3) is 0.667. The van der Waals surface area contributed by atoms with Gasteiger partial charge in [-0.25, -0.2) is 0 Å². The van der Waals surface area contributed by atoms with Gasteiger partial charge in [0, 0.05) is 25.0 Å². The molecule has 1 amide bonds. The van der Waals surface area contributed by atoms with Gasteiger partial charge in [0.05, 0.1) is 18.6 Å². The van der Waals surface area contributed by atoms with Gasteiger partial charge in [-0.3, -0.25) is 9.69 Å². The standard InChI is InChI=1S/C21H30N2O2/c1-14(15-9-7-6-8-10-15)22-11-16-17(12-22)21(5)23(19(16)24)18(13-25-21)20(2,3)4/h6-10,14,16-18H,11-13H2,1-5H3/t14-,16-,17+,18+,21+/m0/s1. The van der Waals surface area contributed by atoms with Crippen molar-refractivity contribution in [1.82, 2.24) is 9.80 Å². The molecule has 5 atom stereocenters. The molecule has 0 radical (unpaired) electrons. The fourth-order valence-electron chi connectivity index (χ4n) is 5.06. The summed E-state index contributed by atoms with van der Waals surface area (Å²) in [7, 11) is 0. The Morgan fingerprint density at radius 1 is 1.20 bits per heavy atom. The van der Waals surface area contributed by atoms with Crippen LogP contribution in [-0.2, 0) is 9.53 Å². The fourth-order valence-corrected chi connectivity index (χ4v) is 5.06. The molecule has 1 aromatic rings. The molecule has 0 saturated carbocycles. The highest BCUT2D eigenvalue weighted by Crippen LogP contribution is 2.52. The Balaban J connectivity index is 1.58. The number of carbonyl (C=O) groups excluding carboxylic acids is 1. The second-order valence-corrected chi connectivity index (χ2v) is 9.21. The Bertz CT molecular complexity index is 668. The molecule has 25 heavy (non-hydrogen) atoms. The number of ether oxygens (including phenoxy) is 1. The molecule has 136 valence electrons. The lowest BCUT2D eigenvalue weighted by Crippen LogP contribution is -2.51. The molecule has 0 aliphatic carbocycles. The molecule has 4 heteroatoms. The maximum atomic E-state index is 13.3. The summed E-state index contributed by atoms with van der Waals surface area (Å²) in [6.07, 6.45) is 0. The number of likely N-dealkylation sites (tertiary alicyclic amines) is 1. The predicted octanol–water partition coefficient (Wildman–Crippen LogP) is 3.30. The van der Waals surface area contributed by atoms with Crippen molar-refractivity contribution in [1.29, 1.82) is 0 Å². The van der Waals surface area contributed by atoms with E-state index in [0.29, 0.717) is 18.6 Å². The molecule has 0 unspecified atom stereocenters. The van der Waals surface area contributed by atoms with E-state index in [1.165, 1.54) is 5.56 Å². The van der Waals surface area contributed by atoms with Crippen molar-refractivity contribution < 1.29 is 9.53 Å². The third kappa shape index (κ3) is 2.45. The van der Waals surface area contributed by atoms with E-state index >= 15 is 0 Å². The van der Waals surface area contributed by atoms with E-state index in [4.69, 9.17) is 4.74 Å². The molecule has 3 saturated heterocycles. The minimum atomic E-state index is -0.440. The Kier molecular flexibility index (Phi) is 3.79. The van der Waals surface area contributed by atoms with E-state index < -0.39 is 5.72 Å². The van der Waals surface area contributed by atoms with Gasteiger partial charge < -0.3 is 9.64 Å². The maximum Gasteiger partial charge on any atom is 0.230 e. The van der Waals surface area contributed by atoms with Crippen molar-refractivity contribution in [2.75, 3.05) is 19.7 Å². The SMILES string of the molecule is C[C@@H](c1ccccc1)N1C[C@@H]2C(=O)N3[C@@H](C(C)(C)C)CO[C@]3(C)[C@@H]2C1. The van der Waals surface area contributed by atoms with Crippen LogP contribution in [-0.4, -0.2) is 47.2 Å². The number of rotatable bonds is 2. The molecule has 0 spiro atoms. The summed E-state index contributed by atoms with van der Waals surface area (Å²) >= 11 is 0. The van der Waals surface area contributed by atoms with Gasteiger partial charge in [0.25, 0.3) is 0 Å². The molecule has 3 aliphatic rings. The van der Waals surface area contributed by atoms with Gasteiger partial charge in [0.15, 0.2) is 0 Å². The Morgan fingerprint density at radius 2 is 1.88 bits per heavy atom. The van der Waals surface area contributed by atoms with Crippen molar-refractivity contribution in [3.63, 3.8) is 0 Å². The maximum absolute atomic E-state index is 13.3. The van der Waals surface area contributed by atoms with Crippen molar-refractivity contribution in [2.45, 2.75) is 52.4 Å². The molecule has 0 N–H and O–H groups in total. The van der Waals surface area contributed by atoms with Crippen LogP contribution >= 0.6 is 0 Å². The Morgan fingerprint density at radius 3 is 2.52 bits per heavy atom. The van der Waals surface area contributed by atoms with E-state index in [2.05, 4.69) is 74.8 Å².